The van der Waals surface area contributed by atoms with Gasteiger partial charge in [-0.1, -0.05) is 54.6 Å². The van der Waals surface area contributed by atoms with Crippen LogP contribution in [-0.2, 0) is 4.79 Å². The van der Waals surface area contributed by atoms with Crippen LogP contribution in [0.1, 0.15) is 34.3 Å². The molecule has 0 spiro atoms. The summed E-state index contributed by atoms with van der Waals surface area (Å²) in [4.78, 5) is 27.5. The number of benzene rings is 3. The Hall–Kier alpha value is -3.40. The van der Waals surface area contributed by atoms with Crippen LogP contribution in [0.25, 0.3) is 11.1 Å². The maximum absolute atomic E-state index is 12.9. The zero-order valence-corrected chi connectivity index (χ0v) is 18.1. The van der Waals surface area contributed by atoms with Gasteiger partial charge in [0.05, 0.1) is 0 Å². The summed E-state index contributed by atoms with van der Waals surface area (Å²) in [7, 11) is 0. The lowest BCUT2D eigenvalue weighted by atomic mass is 9.95. The average Bonchev–Trinajstić information content (AvgIpc) is 2.82. The fourth-order valence-electron chi connectivity index (χ4n) is 4.07. The highest BCUT2D eigenvalue weighted by Crippen LogP contribution is 2.24. The fraction of sp³-hybridized carbons (Fsp3) is 0.259. The minimum absolute atomic E-state index is 0.0352. The second-order valence-electron chi connectivity index (χ2n) is 8.32. The predicted molar refractivity (Wildman–Crippen MR) is 125 cm³/mol. The first-order valence-electron chi connectivity index (χ1n) is 10.8. The summed E-state index contributed by atoms with van der Waals surface area (Å²) in [6, 6.07) is 24.0. The molecule has 0 atom stereocenters. The lowest BCUT2D eigenvalue weighted by Gasteiger charge is -2.31. The number of piperidine rings is 1. The molecule has 0 unspecified atom stereocenters. The predicted octanol–water partition coefficient (Wildman–Crippen LogP) is 5.46. The molecule has 4 rings (SSSR count). The van der Waals surface area contributed by atoms with Crippen molar-refractivity contribution >= 4 is 17.5 Å². The van der Waals surface area contributed by atoms with E-state index >= 15 is 0 Å². The molecule has 0 saturated carbocycles. The first kappa shape index (κ1) is 20.9. The minimum Gasteiger partial charge on any atom is -0.339 e. The third kappa shape index (κ3) is 4.85. The van der Waals surface area contributed by atoms with Gasteiger partial charge in [-0.2, -0.15) is 0 Å². The highest BCUT2D eigenvalue weighted by atomic mass is 16.2. The molecule has 0 radical (unpaired) electrons. The standard InChI is InChI=1S/C27H28N2O2/c1-19-8-9-20(2)25(18-19)28-26(30)23-14-16-29(17-15-23)27(31)24-12-10-22(11-13-24)21-6-4-3-5-7-21/h3-13,18,23H,14-17H2,1-2H3,(H,28,30). The largest absolute Gasteiger partial charge is 0.339 e. The van der Waals surface area contributed by atoms with Crippen molar-refractivity contribution in [1.82, 2.24) is 4.90 Å². The molecule has 4 heteroatoms. The number of hydrogen-bond donors (Lipinski definition) is 1. The van der Waals surface area contributed by atoms with Crippen molar-refractivity contribution in [3.63, 3.8) is 0 Å². The number of hydrogen-bond acceptors (Lipinski definition) is 2. The molecule has 1 N–H and O–H groups in total. The zero-order chi connectivity index (χ0) is 21.8. The molecular formula is C27H28N2O2. The molecule has 2 amide bonds. The number of rotatable bonds is 4. The first-order valence-corrected chi connectivity index (χ1v) is 10.8. The van der Waals surface area contributed by atoms with Crippen LogP contribution < -0.4 is 5.32 Å². The van der Waals surface area contributed by atoms with Crippen molar-refractivity contribution < 1.29 is 9.59 Å². The molecule has 158 valence electrons. The van der Waals surface area contributed by atoms with Crippen molar-refractivity contribution in [2.24, 2.45) is 5.92 Å². The monoisotopic (exact) mass is 412 g/mol. The number of anilines is 1. The lowest BCUT2D eigenvalue weighted by Crippen LogP contribution is -2.41. The molecule has 1 aliphatic heterocycles. The Bertz CT molecular complexity index is 1070. The summed E-state index contributed by atoms with van der Waals surface area (Å²) < 4.78 is 0. The van der Waals surface area contributed by atoms with Gasteiger partial charge in [0.1, 0.15) is 0 Å². The number of aryl methyl sites for hydroxylation is 2. The smallest absolute Gasteiger partial charge is 0.253 e. The van der Waals surface area contributed by atoms with Gasteiger partial charge in [-0.05, 0) is 67.1 Å². The van der Waals surface area contributed by atoms with Gasteiger partial charge >= 0.3 is 0 Å². The Balaban J connectivity index is 1.34. The van der Waals surface area contributed by atoms with Crippen molar-refractivity contribution in [3.8, 4) is 11.1 Å². The molecule has 0 aromatic heterocycles. The van der Waals surface area contributed by atoms with Crippen molar-refractivity contribution in [3.05, 3.63) is 89.5 Å². The number of likely N-dealkylation sites (tertiary alicyclic amines) is 1. The van der Waals surface area contributed by atoms with E-state index in [9.17, 15) is 9.59 Å². The Kier molecular flexibility index (Phi) is 6.17. The van der Waals surface area contributed by atoms with Crippen LogP contribution >= 0.6 is 0 Å². The van der Waals surface area contributed by atoms with Crippen LogP contribution in [0.15, 0.2) is 72.8 Å². The van der Waals surface area contributed by atoms with E-state index < -0.39 is 0 Å². The Labute approximate surface area is 183 Å². The summed E-state index contributed by atoms with van der Waals surface area (Å²) in [5, 5.41) is 3.08. The first-order chi connectivity index (χ1) is 15.0. The van der Waals surface area contributed by atoms with Gasteiger partial charge in [0.25, 0.3) is 5.91 Å². The Morgan fingerprint density at radius 1 is 0.839 bits per heavy atom. The Morgan fingerprint density at radius 2 is 1.48 bits per heavy atom. The number of nitrogens with one attached hydrogen (secondary N) is 1. The van der Waals surface area contributed by atoms with E-state index in [4.69, 9.17) is 0 Å². The SMILES string of the molecule is Cc1ccc(C)c(NC(=O)C2CCN(C(=O)c3ccc(-c4ccccc4)cc3)CC2)c1. The molecule has 3 aromatic rings. The topological polar surface area (TPSA) is 49.4 Å². The van der Waals surface area contributed by atoms with Gasteiger partial charge in [0.2, 0.25) is 5.91 Å². The second-order valence-corrected chi connectivity index (χ2v) is 8.32. The molecule has 1 heterocycles. The average molecular weight is 413 g/mol. The van der Waals surface area contributed by atoms with Crippen LogP contribution in [0.4, 0.5) is 5.69 Å². The summed E-state index contributed by atoms with van der Waals surface area (Å²) in [5.41, 5.74) is 5.99. The molecule has 0 aliphatic carbocycles. The molecule has 1 aliphatic rings. The van der Waals surface area contributed by atoms with Gasteiger partial charge in [-0.15, -0.1) is 0 Å². The van der Waals surface area contributed by atoms with E-state index in [0.717, 1.165) is 27.9 Å². The second kappa shape index (κ2) is 9.17. The van der Waals surface area contributed by atoms with Gasteiger partial charge in [-0.25, -0.2) is 0 Å². The zero-order valence-electron chi connectivity index (χ0n) is 18.1. The molecular weight excluding hydrogens is 384 g/mol. The van der Waals surface area contributed by atoms with E-state index in [2.05, 4.69) is 17.4 Å². The molecule has 0 bridgehead atoms. The maximum atomic E-state index is 12.9. The summed E-state index contributed by atoms with van der Waals surface area (Å²) in [5.74, 6) is 0.0189. The normalized spacial score (nSPS) is 14.3. The van der Waals surface area contributed by atoms with E-state index in [-0.39, 0.29) is 17.7 Å². The third-order valence-corrected chi connectivity index (χ3v) is 6.04. The highest BCUT2D eigenvalue weighted by Gasteiger charge is 2.28. The highest BCUT2D eigenvalue weighted by molar-refractivity contribution is 5.96. The quantitative estimate of drug-likeness (QED) is 0.618. The van der Waals surface area contributed by atoms with Crippen LogP contribution in [-0.4, -0.2) is 29.8 Å². The number of amides is 2. The molecule has 4 nitrogen and oxygen atoms in total. The summed E-state index contributed by atoms with van der Waals surface area (Å²) >= 11 is 0. The fourth-order valence-corrected chi connectivity index (χ4v) is 4.07. The number of carbonyl (C=O) groups is 2. The maximum Gasteiger partial charge on any atom is 0.253 e. The lowest BCUT2D eigenvalue weighted by molar-refractivity contribution is -0.121. The molecule has 3 aromatic carbocycles. The number of nitrogens with zero attached hydrogens (tertiary/aromatic N) is 1. The van der Waals surface area contributed by atoms with Gasteiger partial charge in [0.15, 0.2) is 0 Å². The van der Waals surface area contributed by atoms with Crippen LogP contribution in [0.2, 0.25) is 0 Å². The van der Waals surface area contributed by atoms with E-state index in [1.165, 1.54) is 0 Å². The van der Waals surface area contributed by atoms with Crippen LogP contribution in [0.5, 0.6) is 0 Å². The van der Waals surface area contributed by atoms with E-state index in [1.54, 1.807) is 0 Å². The van der Waals surface area contributed by atoms with Gasteiger partial charge < -0.3 is 10.2 Å². The molecule has 1 saturated heterocycles. The summed E-state index contributed by atoms with van der Waals surface area (Å²) in [6.45, 7) is 5.22. The van der Waals surface area contributed by atoms with Crippen LogP contribution in [0, 0.1) is 19.8 Å². The Morgan fingerprint density at radius 3 is 2.16 bits per heavy atom. The summed E-state index contributed by atoms with van der Waals surface area (Å²) in [6.07, 6.45) is 1.37. The molecule has 31 heavy (non-hydrogen) atoms. The van der Waals surface area contributed by atoms with Gasteiger partial charge in [0, 0.05) is 30.3 Å². The van der Waals surface area contributed by atoms with Gasteiger partial charge in [-0.3, -0.25) is 9.59 Å². The molecule has 1 fully saturated rings. The van der Waals surface area contributed by atoms with E-state index in [1.807, 2.05) is 79.4 Å². The van der Waals surface area contributed by atoms with Crippen LogP contribution in [0.3, 0.4) is 0 Å². The third-order valence-electron chi connectivity index (χ3n) is 6.04. The van der Waals surface area contributed by atoms with E-state index in [0.29, 0.717) is 31.5 Å². The van der Waals surface area contributed by atoms with Crippen molar-refractivity contribution in [1.29, 1.82) is 0 Å². The van der Waals surface area contributed by atoms with Crippen molar-refractivity contribution in [2.45, 2.75) is 26.7 Å². The number of carbonyl (C=O) groups excluding carboxylic acids is 2. The minimum atomic E-state index is -0.0654. The van der Waals surface area contributed by atoms with Crippen molar-refractivity contribution in [2.75, 3.05) is 18.4 Å².